The Labute approximate surface area is 99.4 Å². The molecule has 0 saturated carbocycles. The lowest BCUT2D eigenvalue weighted by atomic mass is 9.88. The lowest BCUT2D eigenvalue weighted by Crippen LogP contribution is -2.51. The molecule has 2 aliphatic heterocycles. The van der Waals surface area contributed by atoms with Crippen LogP contribution in [0.15, 0.2) is 0 Å². The molecule has 0 aliphatic carbocycles. The molecule has 0 aromatic carbocycles. The van der Waals surface area contributed by atoms with Gasteiger partial charge in [-0.25, -0.2) is 4.79 Å². The number of aliphatic hydroxyl groups excluding tert-OH is 1. The van der Waals surface area contributed by atoms with Crippen molar-refractivity contribution in [1.82, 2.24) is 10.6 Å². The Bertz CT molecular complexity index is 331. The fourth-order valence-electron chi connectivity index (χ4n) is 2.76. The molecule has 2 saturated heterocycles. The second-order valence-electron chi connectivity index (χ2n) is 4.95. The van der Waals surface area contributed by atoms with Gasteiger partial charge < -0.3 is 20.8 Å². The van der Waals surface area contributed by atoms with Crippen molar-refractivity contribution >= 4 is 11.9 Å². The van der Waals surface area contributed by atoms with Gasteiger partial charge in [-0.05, 0) is 26.2 Å². The van der Waals surface area contributed by atoms with Crippen LogP contribution in [0.2, 0.25) is 0 Å². The SMILES string of the molecule is CC(O)C(NC(=O)C1CC2CCC1N2)C(=O)O. The lowest BCUT2D eigenvalue weighted by Gasteiger charge is -2.23. The first-order chi connectivity index (χ1) is 7.99. The van der Waals surface area contributed by atoms with Crippen LogP contribution in [0.1, 0.15) is 26.2 Å². The second-order valence-corrected chi connectivity index (χ2v) is 4.95. The molecule has 5 atom stereocenters. The van der Waals surface area contributed by atoms with Gasteiger partial charge in [0.05, 0.1) is 12.0 Å². The van der Waals surface area contributed by atoms with E-state index < -0.39 is 18.1 Å². The lowest BCUT2D eigenvalue weighted by molar-refractivity contribution is -0.145. The van der Waals surface area contributed by atoms with E-state index in [2.05, 4.69) is 10.6 Å². The summed E-state index contributed by atoms with van der Waals surface area (Å²) in [5.41, 5.74) is 0. The quantitative estimate of drug-likeness (QED) is 0.511. The Kier molecular flexibility index (Phi) is 3.35. The van der Waals surface area contributed by atoms with Gasteiger partial charge in [0.25, 0.3) is 0 Å². The molecule has 2 heterocycles. The second kappa shape index (κ2) is 4.62. The van der Waals surface area contributed by atoms with E-state index in [0.29, 0.717) is 6.04 Å². The maximum atomic E-state index is 11.9. The van der Waals surface area contributed by atoms with Gasteiger partial charge in [0, 0.05) is 12.1 Å². The predicted molar refractivity (Wildman–Crippen MR) is 59.3 cm³/mol. The van der Waals surface area contributed by atoms with Crippen molar-refractivity contribution in [2.45, 2.75) is 50.4 Å². The molecule has 2 fully saturated rings. The number of carboxylic acid groups (broad SMARTS) is 1. The van der Waals surface area contributed by atoms with Crippen molar-refractivity contribution in [3.8, 4) is 0 Å². The van der Waals surface area contributed by atoms with E-state index in [1.807, 2.05) is 0 Å². The van der Waals surface area contributed by atoms with Gasteiger partial charge in [-0.1, -0.05) is 0 Å². The van der Waals surface area contributed by atoms with E-state index in [-0.39, 0.29) is 17.9 Å². The Morgan fingerprint density at radius 3 is 2.53 bits per heavy atom. The zero-order valence-electron chi connectivity index (χ0n) is 9.72. The van der Waals surface area contributed by atoms with Crippen molar-refractivity contribution in [3.05, 3.63) is 0 Å². The third-order valence-electron chi connectivity index (χ3n) is 3.68. The van der Waals surface area contributed by atoms with Crippen LogP contribution < -0.4 is 10.6 Å². The van der Waals surface area contributed by atoms with Gasteiger partial charge in [0.2, 0.25) is 5.91 Å². The Hall–Kier alpha value is -1.14. The third kappa shape index (κ3) is 2.42. The summed E-state index contributed by atoms with van der Waals surface area (Å²) >= 11 is 0. The van der Waals surface area contributed by atoms with Crippen LogP contribution in [-0.4, -0.2) is 46.3 Å². The number of hydrogen-bond acceptors (Lipinski definition) is 4. The van der Waals surface area contributed by atoms with Gasteiger partial charge in [-0.15, -0.1) is 0 Å². The molecule has 2 aliphatic rings. The maximum absolute atomic E-state index is 11.9. The topological polar surface area (TPSA) is 98.7 Å². The molecule has 17 heavy (non-hydrogen) atoms. The maximum Gasteiger partial charge on any atom is 0.328 e. The fourth-order valence-corrected chi connectivity index (χ4v) is 2.76. The number of amides is 1. The van der Waals surface area contributed by atoms with Gasteiger partial charge in [0.1, 0.15) is 0 Å². The fraction of sp³-hybridized carbons (Fsp3) is 0.818. The van der Waals surface area contributed by atoms with Crippen LogP contribution >= 0.6 is 0 Å². The molecule has 4 N–H and O–H groups in total. The van der Waals surface area contributed by atoms with Crippen molar-refractivity contribution in [1.29, 1.82) is 0 Å². The summed E-state index contributed by atoms with van der Waals surface area (Å²) in [5.74, 6) is -1.63. The zero-order valence-corrected chi connectivity index (χ0v) is 9.72. The molecule has 96 valence electrons. The van der Waals surface area contributed by atoms with Crippen molar-refractivity contribution in [2.75, 3.05) is 0 Å². The zero-order chi connectivity index (χ0) is 12.6. The van der Waals surface area contributed by atoms with Crippen LogP contribution in [0.5, 0.6) is 0 Å². The average molecular weight is 242 g/mol. The number of hydrogen-bond donors (Lipinski definition) is 4. The van der Waals surface area contributed by atoms with E-state index in [0.717, 1.165) is 19.3 Å². The smallest absolute Gasteiger partial charge is 0.328 e. The first-order valence-electron chi connectivity index (χ1n) is 5.96. The number of fused-ring (bicyclic) bond motifs is 2. The molecular formula is C11H18N2O4. The predicted octanol–water partition coefficient (Wildman–Crippen LogP) is -0.923. The summed E-state index contributed by atoms with van der Waals surface area (Å²) in [6.45, 7) is 1.36. The standard InChI is InChI=1S/C11H18N2O4/c1-5(14)9(11(16)17)13-10(15)7-4-6-2-3-8(7)12-6/h5-9,12,14H,2-4H2,1H3,(H,13,15)(H,16,17). The van der Waals surface area contributed by atoms with Crippen molar-refractivity contribution in [2.24, 2.45) is 5.92 Å². The van der Waals surface area contributed by atoms with Gasteiger partial charge in [-0.3, -0.25) is 4.79 Å². The number of carbonyl (C=O) groups is 2. The highest BCUT2D eigenvalue weighted by Crippen LogP contribution is 2.33. The van der Waals surface area contributed by atoms with Gasteiger partial charge in [-0.2, -0.15) is 0 Å². The van der Waals surface area contributed by atoms with E-state index in [9.17, 15) is 14.7 Å². The number of aliphatic hydroxyl groups is 1. The molecule has 1 amide bonds. The molecule has 6 nitrogen and oxygen atoms in total. The molecule has 2 bridgehead atoms. The van der Waals surface area contributed by atoms with Crippen molar-refractivity contribution < 1.29 is 19.8 Å². The summed E-state index contributed by atoms with van der Waals surface area (Å²) in [4.78, 5) is 22.8. The Balaban J connectivity index is 1.94. The highest BCUT2D eigenvalue weighted by Gasteiger charge is 2.43. The molecular weight excluding hydrogens is 224 g/mol. The number of carboxylic acids is 1. The van der Waals surface area contributed by atoms with E-state index in [1.165, 1.54) is 6.92 Å². The minimum atomic E-state index is -1.22. The molecule has 0 aromatic rings. The first-order valence-corrected chi connectivity index (χ1v) is 5.96. The summed E-state index contributed by atoms with van der Waals surface area (Å²) in [5, 5.41) is 23.9. The van der Waals surface area contributed by atoms with Crippen LogP contribution in [-0.2, 0) is 9.59 Å². The highest BCUT2D eigenvalue weighted by molar-refractivity contribution is 5.86. The molecule has 6 heteroatoms. The van der Waals surface area contributed by atoms with Crippen LogP contribution in [0.25, 0.3) is 0 Å². The van der Waals surface area contributed by atoms with Crippen LogP contribution in [0, 0.1) is 5.92 Å². The number of nitrogens with one attached hydrogen (secondary N) is 2. The minimum Gasteiger partial charge on any atom is -0.480 e. The molecule has 5 unspecified atom stereocenters. The highest BCUT2D eigenvalue weighted by atomic mass is 16.4. The summed E-state index contributed by atoms with van der Waals surface area (Å²) in [7, 11) is 0. The molecule has 2 rings (SSSR count). The summed E-state index contributed by atoms with van der Waals surface area (Å²) in [6.07, 6.45) is 1.73. The summed E-state index contributed by atoms with van der Waals surface area (Å²) < 4.78 is 0. The van der Waals surface area contributed by atoms with E-state index >= 15 is 0 Å². The third-order valence-corrected chi connectivity index (χ3v) is 3.68. The van der Waals surface area contributed by atoms with Crippen LogP contribution in [0.4, 0.5) is 0 Å². The Morgan fingerprint density at radius 1 is 1.41 bits per heavy atom. The Morgan fingerprint density at radius 2 is 2.12 bits per heavy atom. The molecule has 0 radical (unpaired) electrons. The first kappa shape index (κ1) is 12.3. The van der Waals surface area contributed by atoms with E-state index in [1.54, 1.807) is 0 Å². The number of carbonyl (C=O) groups excluding carboxylic acids is 1. The van der Waals surface area contributed by atoms with Gasteiger partial charge >= 0.3 is 5.97 Å². The number of rotatable bonds is 4. The molecule has 0 spiro atoms. The molecule has 0 aromatic heterocycles. The largest absolute Gasteiger partial charge is 0.480 e. The van der Waals surface area contributed by atoms with Crippen LogP contribution in [0.3, 0.4) is 0 Å². The van der Waals surface area contributed by atoms with Gasteiger partial charge in [0.15, 0.2) is 6.04 Å². The average Bonchev–Trinajstić information content (AvgIpc) is 2.85. The normalized spacial score (nSPS) is 34.4. The monoisotopic (exact) mass is 242 g/mol. The number of aliphatic carboxylic acids is 1. The van der Waals surface area contributed by atoms with Crippen molar-refractivity contribution in [3.63, 3.8) is 0 Å². The van der Waals surface area contributed by atoms with E-state index in [4.69, 9.17) is 5.11 Å². The minimum absolute atomic E-state index is 0.158. The summed E-state index contributed by atoms with van der Waals surface area (Å²) in [6, 6.07) is -0.657.